The van der Waals surface area contributed by atoms with Crippen molar-refractivity contribution in [1.29, 1.82) is 0 Å². The summed E-state index contributed by atoms with van der Waals surface area (Å²) in [4.78, 5) is 49.8. The number of hydrogen-bond acceptors (Lipinski definition) is 8. The molecule has 3 heterocycles. The van der Waals surface area contributed by atoms with Gasteiger partial charge in [-0.2, -0.15) is 0 Å². The zero-order valence-electron chi connectivity index (χ0n) is 18.2. The van der Waals surface area contributed by atoms with Crippen LogP contribution in [0.4, 0.5) is 4.79 Å². The van der Waals surface area contributed by atoms with E-state index < -0.39 is 23.9 Å². The number of nitrogens with one attached hydrogen (secondary N) is 1. The Morgan fingerprint density at radius 1 is 1.22 bits per heavy atom. The van der Waals surface area contributed by atoms with Gasteiger partial charge in [0.25, 0.3) is 5.91 Å². The molecular weight excluding hydrogens is 438 g/mol. The number of nitrogens with zero attached hydrogens (tertiary/aromatic N) is 4. The van der Waals surface area contributed by atoms with Gasteiger partial charge in [-0.3, -0.25) is 4.79 Å². The van der Waals surface area contributed by atoms with Gasteiger partial charge < -0.3 is 24.5 Å². The Balaban J connectivity index is 1.92. The summed E-state index contributed by atoms with van der Waals surface area (Å²) in [6.45, 7) is 5.55. The minimum atomic E-state index is -0.824. The molecule has 1 N–H and O–H groups in total. The zero-order chi connectivity index (χ0) is 23.5. The SMILES string of the molecule is CNC(=O)c1cc(-c2cc([C@@H]3CN(C(=O)OC(C)(C)C)C[C@@H](C=O)O3)cc(Cl)n2)ncn1. The van der Waals surface area contributed by atoms with Gasteiger partial charge in [0.1, 0.15) is 35.0 Å². The summed E-state index contributed by atoms with van der Waals surface area (Å²) in [6.07, 6.45) is -0.107. The second kappa shape index (κ2) is 9.58. The van der Waals surface area contributed by atoms with Crippen molar-refractivity contribution in [2.75, 3.05) is 20.1 Å². The Kier molecular flexibility index (Phi) is 7.05. The molecule has 32 heavy (non-hydrogen) atoms. The fourth-order valence-corrected chi connectivity index (χ4v) is 3.32. The molecule has 0 saturated carbocycles. The van der Waals surface area contributed by atoms with Gasteiger partial charge in [-0.05, 0) is 44.5 Å². The summed E-state index contributed by atoms with van der Waals surface area (Å²) < 4.78 is 11.3. The molecule has 0 aliphatic carbocycles. The lowest BCUT2D eigenvalue weighted by molar-refractivity contribution is -0.132. The number of amides is 2. The first kappa shape index (κ1) is 23.6. The van der Waals surface area contributed by atoms with Crippen molar-refractivity contribution in [3.8, 4) is 11.4 Å². The van der Waals surface area contributed by atoms with Gasteiger partial charge in [0.15, 0.2) is 6.29 Å². The maximum absolute atomic E-state index is 12.6. The molecule has 2 aromatic rings. The molecule has 3 rings (SSSR count). The Bertz CT molecular complexity index is 1030. The van der Waals surface area contributed by atoms with Crippen LogP contribution in [0.5, 0.6) is 0 Å². The average molecular weight is 462 g/mol. The number of aromatic nitrogens is 3. The number of hydrogen-bond donors (Lipinski definition) is 1. The summed E-state index contributed by atoms with van der Waals surface area (Å²) in [5.74, 6) is -0.367. The highest BCUT2D eigenvalue weighted by Gasteiger charge is 2.34. The van der Waals surface area contributed by atoms with Crippen LogP contribution in [0.3, 0.4) is 0 Å². The smallest absolute Gasteiger partial charge is 0.410 e. The van der Waals surface area contributed by atoms with Crippen molar-refractivity contribution in [2.45, 2.75) is 38.6 Å². The van der Waals surface area contributed by atoms with Gasteiger partial charge in [0.2, 0.25) is 0 Å². The Morgan fingerprint density at radius 3 is 2.62 bits per heavy atom. The van der Waals surface area contributed by atoms with E-state index in [9.17, 15) is 14.4 Å². The molecular formula is C21H24ClN5O5. The van der Waals surface area contributed by atoms with E-state index in [0.29, 0.717) is 23.2 Å². The monoisotopic (exact) mass is 461 g/mol. The van der Waals surface area contributed by atoms with Crippen LogP contribution in [0, 0.1) is 0 Å². The van der Waals surface area contributed by atoms with Crippen molar-refractivity contribution in [1.82, 2.24) is 25.2 Å². The standard InChI is InChI=1S/C21H24ClN5O5/c1-21(2,3)32-20(30)27-8-13(10-28)31-17(9-27)12-5-15(26-18(22)6-12)14-7-16(19(29)23-4)25-11-24-14/h5-7,10-11,13,17H,8-9H2,1-4H3,(H,23,29)/t13-,17-/m0/s1. The van der Waals surface area contributed by atoms with E-state index >= 15 is 0 Å². The van der Waals surface area contributed by atoms with Crippen LogP contribution in [-0.4, -0.2) is 70.0 Å². The largest absolute Gasteiger partial charge is 0.444 e. The highest BCUT2D eigenvalue weighted by molar-refractivity contribution is 6.29. The molecule has 2 atom stereocenters. The maximum Gasteiger partial charge on any atom is 0.410 e. The molecule has 0 aromatic carbocycles. The maximum atomic E-state index is 12.6. The van der Waals surface area contributed by atoms with Crippen LogP contribution in [0.15, 0.2) is 24.5 Å². The third kappa shape index (κ3) is 5.77. The van der Waals surface area contributed by atoms with Gasteiger partial charge in [-0.25, -0.2) is 19.7 Å². The number of rotatable bonds is 4. The number of pyridine rings is 1. The number of aldehydes is 1. The molecule has 0 unspecified atom stereocenters. The van der Waals surface area contributed by atoms with E-state index in [-0.39, 0.29) is 29.8 Å². The summed E-state index contributed by atoms with van der Waals surface area (Å²) >= 11 is 6.24. The van der Waals surface area contributed by atoms with Gasteiger partial charge in [-0.1, -0.05) is 11.6 Å². The third-order valence-corrected chi connectivity index (χ3v) is 4.70. The van der Waals surface area contributed by atoms with Crippen molar-refractivity contribution >= 4 is 29.9 Å². The summed E-state index contributed by atoms with van der Waals surface area (Å²) in [7, 11) is 1.50. The lowest BCUT2D eigenvalue weighted by Gasteiger charge is -2.37. The number of halogens is 1. The molecule has 1 fully saturated rings. The molecule has 1 aliphatic heterocycles. The first-order chi connectivity index (χ1) is 15.1. The van der Waals surface area contributed by atoms with Crippen molar-refractivity contribution in [3.63, 3.8) is 0 Å². The van der Waals surface area contributed by atoms with Crippen LogP contribution in [0.2, 0.25) is 5.15 Å². The van der Waals surface area contributed by atoms with Crippen molar-refractivity contribution < 1.29 is 23.9 Å². The highest BCUT2D eigenvalue weighted by Crippen LogP contribution is 2.30. The van der Waals surface area contributed by atoms with E-state index in [0.717, 1.165) is 0 Å². The predicted molar refractivity (Wildman–Crippen MR) is 115 cm³/mol. The molecule has 0 bridgehead atoms. The Hall–Kier alpha value is -3.11. The van der Waals surface area contributed by atoms with Crippen LogP contribution < -0.4 is 5.32 Å². The minimum absolute atomic E-state index is 0.0853. The van der Waals surface area contributed by atoms with Crippen LogP contribution in [0.1, 0.15) is 42.9 Å². The zero-order valence-corrected chi connectivity index (χ0v) is 18.9. The van der Waals surface area contributed by atoms with Gasteiger partial charge in [-0.15, -0.1) is 0 Å². The molecule has 1 saturated heterocycles. The number of carbonyl (C=O) groups excluding carboxylic acids is 3. The molecule has 2 amide bonds. The van der Waals surface area contributed by atoms with Gasteiger partial charge >= 0.3 is 6.09 Å². The lowest BCUT2D eigenvalue weighted by Crippen LogP contribution is -2.49. The first-order valence-corrected chi connectivity index (χ1v) is 10.3. The van der Waals surface area contributed by atoms with Crippen LogP contribution in [-0.2, 0) is 14.3 Å². The van der Waals surface area contributed by atoms with Crippen LogP contribution >= 0.6 is 11.6 Å². The fourth-order valence-electron chi connectivity index (χ4n) is 3.11. The number of morpholine rings is 1. The quantitative estimate of drug-likeness (QED) is 0.543. The van der Waals surface area contributed by atoms with Crippen LogP contribution in [0.25, 0.3) is 11.4 Å². The lowest BCUT2D eigenvalue weighted by atomic mass is 10.1. The fraction of sp³-hybridized carbons (Fsp3) is 0.429. The third-order valence-electron chi connectivity index (χ3n) is 4.51. The highest BCUT2D eigenvalue weighted by atomic mass is 35.5. The predicted octanol–water partition coefficient (Wildman–Crippen LogP) is 2.43. The van der Waals surface area contributed by atoms with E-state index in [4.69, 9.17) is 21.1 Å². The molecule has 0 radical (unpaired) electrons. The minimum Gasteiger partial charge on any atom is -0.444 e. The number of ether oxygens (including phenoxy) is 2. The van der Waals surface area contributed by atoms with Gasteiger partial charge in [0.05, 0.1) is 24.5 Å². The summed E-state index contributed by atoms with van der Waals surface area (Å²) in [6, 6.07) is 4.77. The van der Waals surface area contributed by atoms with E-state index in [1.165, 1.54) is 24.3 Å². The molecule has 2 aromatic heterocycles. The average Bonchev–Trinajstić information content (AvgIpc) is 2.76. The Labute approximate surface area is 190 Å². The second-order valence-electron chi connectivity index (χ2n) is 8.16. The van der Waals surface area contributed by atoms with E-state index in [1.54, 1.807) is 32.9 Å². The van der Waals surface area contributed by atoms with Crippen molar-refractivity contribution in [2.24, 2.45) is 0 Å². The molecule has 170 valence electrons. The van der Waals surface area contributed by atoms with Gasteiger partial charge in [0, 0.05) is 7.05 Å². The topological polar surface area (TPSA) is 124 Å². The summed E-state index contributed by atoms with van der Waals surface area (Å²) in [5.41, 5.74) is 0.867. The van der Waals surface area contributed by atoms with E-state index in [2.05, 4.69) is 20.3 Å². The molecule has 11 heteroatoms. The molecule has 10 nitrogen and oxygen atoms in total. The Morgan fingerprint density at radius 2 is 1.97 bits per heavy atom. The summed E-state index contributed by atoms with van der Waals surface area (Å²) in [5, 5.41) is 2.66. The normalized spacial score (nSPS) is 18.7. The first-order valence-electron chi connectivity index (χ1n) is 9.90. The van der Waals surface area contributed by atoms with E-state index in [1.807, 2.05) is 0 Å². The molecule has 1 aliphatic rings. The molecule has 0 spiro atoms. The number of carbonyl (C=O) groups is 3. The van der Waals surface area contributed by atoms with Crippen molar-refractivity contribution in [3.05, 3.63) is 40.9 Å². The second-order valence-corrected chi connectivity index (χ2v) is 8.55.